The molecule has 2 fully saturated rings. The van der Waals surface area contributed by atoms with Crippen LogP contribution < -0.4 is 16.0 Å². The lowest BCUT2D eigenvalue weighted by Gasteiger charge is -2.41. The molecule has 2 saturated heterocycles. The van der Waals surface area contributed by atoms with Crippen molar-refractivity contribution in [1.29, 1.82) is 0 Å². The van der Waals surface area contributed by atoms with Gasteiger partial charge in [-0.25, -0.2) is 4.98 Å². The van der Waals surface area contributed by atoms with Crippen LogP contribution in [0.25, 0.3) is 0 Å². The number of rotatable bonds is 6. The molecule has 1 aromatic heterocycles. The molecule has 184 valence electrons. The van der Waals surface area contributed by atoms with Gasteiger partial charge in [-0.2, -0.15) is 0 Å². The summed E-state index contributed by atoms with van der Waals surface area (Å²) < 4.78 is 0. The van der Waals surface area contributed by atoms with E-state index in [0.29, 0.717) is 25.6 Å². The van der Waals surface area contributed by atoms with Crippen molar-refractivity contribution in [3.05, 3.63) is 63.0 Å². The number of anilines is 4. The molecule has 35 heavy (non-hydrogen) atoms. The van der Waals surface area contributed by atoms with Gasteiger partial charge in [0.1, 0.15) is 10.7 Å². The summed E-state index contributed by atoms with van der Waals surface area (Å²) in [5.41, 5.74) is 8.62. The van der Waals surface area contributed by atoms with Crippen LogP contribution in [0, 0.1) is 0 Å². The van der Waals surface area contributed by atoms with Crippen molar-refractivity contribution in [2.75, 3.05) is 42.1 Å². The van der Waals surface area contributed by atoms with Crippen LogP contribution in [0.2, 0.25) is 10.0 Å². The van der Waals surface area contributed by atoms with Crippen molar-refractivity contribution in [1.82, 2.24) is 9.88 Å². The maximum Gasteiger partial charge on any atom is 0.206 e. The molecule has 9 heteroatoms. The van der Waals surface area contributed by atoms with Crippen LogP contribution in [0.5, 0.6) is 0 Å². The lowest BCUT2D eigenvalue weighted by molar-refractivity contribution is 0.104. The molecular formula is C26H29Cl2N5OS. The Morgan fingerprint density at radius 1 is 0.971 bits per heavy atom. The molecule has 0 bridgehead atoms. The lowest BCUT2D eigenvalue weighted by atomic mass is 9.99. The van der Waals surface area contributed by atoms with Crippen molar-refractivity contribution in [3.63, 3.8) is 0 Å². The molecule has 5 rings (SSSR count). The lowest BCUT2D eigenvalue weighted by Crippen LogP contribution is -2.46. The summed E-state index contributed by atoms with van der Waals surface area (Å²) >= 11 is 13.3. The summed E-state index contributed by atoms with van der Waals surface area (Å²) in [7, 11) is 0. The quantitative estimate of drug-likeness (QED) is 0.356. The largest absolute Gasteiger partial charge is 0.382 e. The summed E-state index contributed by atoms with van der Waals surface area (Å²) in [4.78, 5) is 22.8. The number of ketones is 1. The number of hydrogen-bond acceptors (Lipinski definition) is 7. The number of carbonyl (C=O) groups excluding carboxylic acids is 1. The minimum absolute atomic E-state index is 0.196. The van der Waals surface area contributed by atoms with Gasteiger partial charge in [-0.05, 0) is 81.2 Å². The number of piperidine rings is 2. The zero-order valence-electron chi connectivity index (χ0n) is 19.5. The number of nitrogens with zero attached hydrogens (tertiary/aromatic N) is 3. The number of carbonyl (C=O) groups is 1. The molecule has 6 nitrogen and oxygen atoms in total. The number of benzene rings is 2. The Labute approximate surface area is 220 Å². The van der Waals surface area contributed by atoms with Crippen LogP contribution in [0.4, 0.5) is 22.3 Å². The molecule has 0 radical (unpaired) electrons. The van der Waals surface area contributed by atoms with Crippen LogP contribution in [0.15, 0.2) is 42.5 Å². The molecule has 2 aromatic carbocycles. The fourth-order valence-corrected chi connectivity index (χ4v) is 6.13. The maximum atomic E-state index is 12.9. The summed E-state index contributed by atoms with van der Waals surface area (Å²) in [5.74, 6) is -0.0308. The summed E-state index contributed by atoms with van der Waals surface area (Å²) in [6, 6.07) is 13.9. The summed E-state index contributed by atoms with van der Waals surface area (Å²) in [6.45, 7) is 4.73. The number of thiazole rings is 1. The third-order valence-electron chi connectivity index (χ3n) is 6.90. The van der Waals surface area contributed by atoms with E-state index in [1.807, 2.05) is 12.1 Å². The minimum atomic E-state index is -0.227. The van der Waals surface area contributed by atoms with Gasteiger partial charge in [-0.1, -0.05) is 41.0 Å². The van der Waals surface area contributed by atoms with Crippen LogP contribution >= 0.6 is 34.5 Å². The molecule has 0 amide bonds. The van der Waals surface area contributed by atoms with E-state index in [9.17, 15) is 4.79 Å². The van der Waals surface area contributed by atoms with E-state index < -0.39 is 0 Å². The predicted molar refractivity (Wildman–Crippen MR) is 147 cm³/mol. The number of likely N-dealkylation sites (tertiary alicyclic amines) is 1. The van der Waals surface area contributed by atoms with E-state index in [1.54, 1.807) is 18.2 Å². The SMILES string of the molecule is Nc1nc(Nc2ccc(N3CCC(N4CCCCC4)CC3)cc2)sc1C(=O)c1ccc(Cl)c(Cl)c1. The van der Waals surface area contributed by atoms with Gasteiger partial charge in [-0.3, -0.25) is 4.79 Å². The highest BCUT2D eigenvalue weighted by molar-refractivity contribution is 7.18. The molecule has 0 unspecified atom stereocenters. The highest BCUT2D eigenvalue weighted by atomic mass is 35.5. The Balaban J connectivity index is 1.20. The van der Waals surface area contributed by atoms with Gasteiger partial charge in [-0.15, -0.1) is 0 Å². The van der Waals surface area contributed by atoms with Gasteiger partial charge in [0.15, 0.2) is 5.13 Å². The van der Waals surface area contributed by atoms with Crippen LogP contribution in [0.3, 0.4) is 0 Å². The molecule has 0 atom stereocenters. The van der Waals surface area contributed by atoms with E-state index in [1.165, 1.54) is 62.2 Å². The molecule has 0 saturated carbocycles. The Morgan fingerprint density at radius 2 is 1.69 bits per heavy atom. The monoisotopic (exact) mass is 529 g/mol. The maximum absolute atomic E-state index is 12.9. The third kappa shape index (κ3) is 5.59. The Bertz CT molecular complexity index is 1180. The number of nitrogens with one attached hydrogen (secondary N) is 1. The summed E-state index contributed by atoms with van der Waals surface area (Å²) in [5, 5.41) is 4.57. The van der Waals surface area contributed by atoms with E-state index in [2.05, 4.69) is 32.2 Å². The standard InChI is InChI=1S/C26H29Cl2N5OS/c27-21-9-4-17(16-22(21)28)23(34)24-25(29)31-26(35-24)30-18-5-7-19(8-6-18)33-14-10-20(11-15-33)32-12-2-1-3-13-32/h4-9,16,20H,1-3,10-15,29H2,(H,30,31). The van der Waals surface area contributed by atoms with Gasteiger partial charge in [0.25, 0.3) is 0 Å². The van der Waals surface area contributed by atoms with Crippen molar-refractivity contribution >= 4 is 62.6 Å². The van der Waals surface area contributed by atoms with E-state index in [4.69, 9.17) is 28.9 Å². The van der Waals surface area contributed by atoms with Crippen LogP contribution in [-0.4, -0.2) is 47.9 Å². The van der Waals surface area contributed by atoms with Crippen molar-refractivity contribution < 1.29 is 4.79 Å². The average molecular weight is 531 g/mol. The second-order valence-electron chi connectivity index (χ2n) is 9.18. The normalized spacial score (nSPS) is 17.5. The first kappa shape index (κ1) is 24.4. The fraction of sp³-hybridized carbons (Fsp3) is 0.385. The summed E-state index contributed by atoms with van der Waals surface area (Å²) in [6.07, 6.45) is 6.55. The molecule has 0 aliphatic carbocycles. The predicted octanol–water partition coefficient (Wildman–Crippen LogP) is 6.46. The van der Waals surface area contributed by atoms with Gasteiger partial charge >= 0.3 is 0 Å². The molecule has 3 aromatic rings. The molecule has 3 N–H and O–H groups in total. The second-order valence-corrected chi connectivity index (χ2v) is 11.0. The number of aromatic nitrogens is 1. The number of halogens is 2. The number of nitrogen functional groups attached to an aromatic ring is 1. The molecular weight excluding hydrogens is 501 g/mol. The van der Waals surface area contributed by atoms with E-state index in [-0.39, 0.29) is 11.6 Å². The fourth-order valence-electron chi connectivity index (χ4n) is 4.97. The Morgan fingerprint density at radius 3 is 2.37 bits per heavy atom. The van der Waals surface area contributed by atoms with E-state index in [0.717, 1.165) is 24.8 Å². The van der Waals surface area contributed by atoms with Crippen molar-refractivity contribution in [2.24, 2.45) is 0 Å². The number of hydrogen-bond donors (Lipinski definition) is 2. The number of nitrogens with two attached hydrogens (primary N) is 1. The van der Waals surface area contributed by atoms with Crippen LogP contribution in [-0.2, 0) is 0 Å². The third-order valence-corrected chi connectivity index (χ3v) is 8.62. The van der Waals surface area contributed by atoms with Gasteiger partial charge in [0.2, 0.25) is 5.78 Å². The molecule has 0 spiro atoms. The minimum Gasteiger partial charge on any atom is -0.382 e. The Kier molecular flexibility index (Phi) is 7.48. The van der Waals surface area contributed by atoms with Gasteiger partial charge in [0.05, 0.1) is 10.0 Å². The molecule has 3 heterocycles. The smallest absolute Gasteiger partial charge is 0.206 e. The molecule has 2 aliphatic heterocycles. The zero-order chi connectivity index (χ0) is 24.4. The zero-order valence-corrected chi connectivity index (χ0v) is 21.8. The van der Waals surface area contributed by atoms with E-state index >= 15 is 0 Å². The first-order chi connectivity index (χ1) is 17.0. The Hall–Kier alpha value is -2.32. The first-order valence-electron chi connectivity index (χ1n) is 12.1. The highest BCUT2D eigenvalue weighted by Gasteiger charge is 2.25. The molecule has 2 aliphatic rings. The van der Waals surface area contributed by atoms with Crippen molar-refractivity contribution in [3.8, 4) is 0 Å². The average Bonchev–Trinajstić information content (AvgIpc) is 3.26. The topological polar surface area (TPSA) is 74.5 Å². The second kappa shape index (κ2) is 10.7. The first-order valence-corrected chi connectivity index (χ1v) is 13.7. The van der Waals surface area contributed by atoms with Crippen molar-refractivity contribution in [2.45, 2.75) is 38.1 Å². The van der Waals surface area contributed by atoms with Crippen LogP contribution in [0.1, 0.15) is 47.3 Å². The highest BCUT2D eigenvalue weighted by Crippen LogP contribution is 2.32. The van der Waals surface area contributed by atoms with Gasteiger partial charge < -0.3 is 20.9 Å². The van der Waals surface area contributed by atoms with Gasteiger partial charge in [0, 0.05) is 36.1 Å².